The van der Waals surface area contributed by atoms with Crippen LogP contribution in [0.25, 0.3) is 11.2 Å². The molecule has 34 heavy (non-hydrogen) atoms. The first-order valence-electron chi connectivity index (χ1n) is 11.4. The van der Waals surface area contributed by atoms with E-state index in [1.807, 2.05) is 29.5 Å². The number of fused-ring (bicyclic) bond motifs is 1. The van der Waals surface area contributed by atoms with Gasteiger partial charge in [-0.1, -0.05) is 6.58 Å². The molecular formula is C22H33FN10O. The quantitative estimate of drug-likeness (QED) is 0.299. The van der Waals surface area contributed by atoms with E-state index >= 15 is 0 Å². The molecule has 3 aromatic rings. The minimum Gasteiger partial charge on any atom is -0.375 e. The molecule has 1 unspecified atom stereocenters. The Morgan fingerprint density at radius 3 is 2.82 bits per heavy atom. The number of nitrogens with one attached hydrogen (secondary N) is 2. The Bertz CT molecular complexity index is 1130. The number of likely N-dealkylation sites (N-methyl/N-ethyl adjacent to an activating group) is 1. The summed E-state index contributed by atoms with van der Waals surface area (Å²) in [6.45, 7) is 9.70. The first-order valence-corrected chi connectivity index (χ1v) is 11.4. The van der Waals surface area contributed by atoms with Crippen molar-refractivity contribution in [3.8, 4) is 0 Å². The smallest absolute Gasteiger partial charge is 0.229 e. The summed E-state index contributed by atoms with van der Waals surface area (Å²) >= 11 is 0. The van der Waals surface area contributed by atoms with Crippen LogP contribution in [0.1, 0.15) is 19.9 Å². The van der Waals surface area contributed by atoms with Gasteiger partial charge < -0.3 is 24.8 Å². The molecule has 4 heterocycles. The molecule has 4 rings (SSSR count). The normalized spacial score (nSPS) is 19.5. The number of rotatable bonds is 10. The van der Waals surface area contributed by atoms with Crippen LogP contribution >= 0.6 is 0 Å². The fourth-order valence-corrected chi connectivity index (χ4v) is 3.87. The Hall–Kier alpha value is -3.09. The van der Waals surface area contributed by atoms with Crippen molar-refractivity contribution in [2.75, 3.05) is 43.9 Å². The molecule has 1 aliphatic heterocycles. The lowest BCUT2D eigenvalue weighted by atomic mass is 10.2. The van der Waals surface area contributed by atoms with E-state index in [-0.39, 0.29) is 12.6 Å². The summed E-state index contributed by atoms with van der Waals surface area (Å²) in [5.74, 6) is 0.932. The molecule has 11 nitrogen and oxygen atoms in total. The molecule has 184 valence electrons. The number of halogens is 1. The number of hydrogen-bond acceptors (Lipinski definition) is 9. The van der Waals surface area contributed by atoms with Gasteiger partial charge in [0.15, 0.2) is 17.0 Å². The zero-order valence-corrected chi connectivity index (χ0v) is 20.1. The van der Waals surface area contributed by atoms with E-state index in [0.29, 0.717) is 29.5 Å². The molecule has 3 N–H and O–H groups in total. The largest absolute Gasteiger partial charge is 0.375 e. The topological polar surface area (TPSA) is 112 Å². The van der Waals surface area contributed by atoms with Crippen molar-refractivity contribution in [1.82, 2.24) is 39.5 Å². The Kier molecular flexibility index (Phi) is 7.10. The number of anilines is 3. The summed E-state index contributed by atoms with van der Waals surface area (Å²) in [6.07, 6.45) is 4.57. The maximum absolute atomic E-state index is 14.7. The first-order chi connectivity index (χ1) is 16.2. The van der Waals surface area contributed by atoms with Gasteiger partial charge in [-0.15, -0.1) is 0 Å². The minimum atomic E-state index is -1.18. The van der Waals surface area contributed by atoms with Crippen molar-refractivity contribution in [2.24, 2.45) is 0 Å². The highest BCUT2D eigenvalue weighted by molar-refractivity contribution is 5.86. The standard InChI is InChI=1S/C22H33FN10O/c1-6-18(34)27-17-12-31(11-16(17)23)22-28-20(19-21(29-22)33(13-24-19)14(2)3)26-15-9-25-32(10-15)8-7-30(4)5/h6,9-10,13-14,16-18,27,34H,1,7-8,11-12H2,2-5H3,(H,26,28,29)/t16-,17-,18?/m0/s1. The van der Waals surface area contributed by atoms with Crippen LogP contribution in [0, 0.1) is 0 Å². The average molecular weight is 473 g/mol. The zero-order chi connectivity index (χ0) is 24.4. The first kappa shape index (κ1) is 24.0. The van der Waals surface area contributed by atoms with E-state index in [1.54, 1.807) is 17.4 Å². The summed E-state index contributed by atoms with van der Waals surface area (Å²) in [4.78, 5) is 17.9. The van der Waals surface area contributed by atoms with E-state index in [0.717, 1.165) is 18.8 Å². The number of aliphatic hydroxyl groups is 1. The Morgan fingerprint density at radius 1 is 1.32 bits per heavy atom. The molecule has 0 aromatic carbocycles. The van der Waals surface area contributed by atoms with Gasteiger partial charge in [-0.25, -0.2) is 9.37 Å². The summed E-state index contributed by atoms with van der Waals surface area (Å²) in [5, 5.41) is 20.4. The summed E-state index contributed by atoms with van der Waals surface area (Å²) in [6, 6.07) is -0.423. The molecule has 0 saturated carbocycles. The third-order valence-electron chi connectivity index (χ3n) is 5.78. The highest BCUT2D eigenvalue weighted by atomic mass is 19.1. The van der Waals surface area contributed by atoms with E-state index in [2.05, 4.69) is 46.0 Å². The molecule has 3 atom stereocenters. The summed E-state index contributed by atoms with van der Waals surface area (Å²) in [5.41, 5.74) is 2.08. The van der Waals surface area contributed by atoms with Gasteiger partial charge in [-0.2, -0.15) is 15.1 Å². The van der Waals surface area contributed by atoms with Crippen molar-refractivity contribution < 1.29 is 9.50 Å². The van der Waals surface area contributed by atoms with Gasteiger partial charge in [0.25, 0.3) is 0 Å². The van der Waals surface area contributed by atoms with Crippen LogP contribution in [0.4, 0.5) is 21.8 Å². The fourth-order valence-electron chi connectivity index (χ4n) is 3.87. The number of alkyl halides is 1. The molecule has 1 saturated heterocycles. The molecule has 1 aliphatic rings. The van der Waals surface area contributed by atoms with E-state index in [9.17, 15) is 9.50 Å². The van der Waals surface area contributed by atoms with Gasteiger partial charge >= 0.3 is 0 Å². The average Bonchev–Trinajstić information content (AvgIpc) is 3.51. The van der Waals surface area contributed by atoms with Crippen molar-refractivity contribution in [3.05, 3.63) is 31.4 Å². The van der Waals surface area contributed by atoms with Crippen molar-refractivity contribution >= 4 is 28.6 Å². The minimum absolute atomic E-state index is 0.116. The van der Waals surface area contributed by atoms with Crippen LogP contribution in [0.2, 0.25) is 0 Å². The predicted molar refractivity (Wildman–Crippen MR) is 130 cm³/mol. The van der Waals surface area contributed by atoms with Crippen LogP contribution in [0.15, 0.2) is 31.4 Å². The lowest BCUT2D eigenvalue weighted by Gasteiger charge is -2.19. The molecule has 3 aromatic heterocycles. The van der Waals surface area contributed by atoms with Gasteiger partial charge in [0.2, 0.25) is 5.95 Å². The monoisotopic (exact) mass is 472 g/mol. The van der Waals surface area contributed by atoms with Crippen LogP contribution in [-0.2, 0) is 6.54 Å². The van der Waals surface area contributed by atoms with E-state index in [1.165, 1.54) is 6.08 Å². The second kappa shape index (κ2) is 10.0. The fraction of sp³-hybridized carbons (Fsp3) is 0.545. The molecule has 0 spiro atoms. The van der Waals surface area contributed by atoms with Crippen molar-refractivity contribution in [1.29, 1.82) is 0 Å². The van der Waals surface area contributed by atoms with Gasteiger partial charge in [-0.3, -0.25) is 10.00 Å². The molecule has 1 fully saturated rings. The van der Waals surface area contributed by atoms with Crippen LogP contribution in [-0.4, -0.2) is 91.5 Å². The maximum Gasteiger partial charge on any atom is 0.229 e. The number of nitrogens with zero attached hydrogens (tertiary/aromatic N) is 8. The number of aromatic nitrogens is 6. The van der Waals surface area contributed by atoms with Crippen molar-refractivity contribution in [2.45, 2.75) is 44.9 Å². The van der Waals surface area contributed by atoms with Crippen molar-refractivity contribution in [3.63, 3.8) is 0 Å². The second-order valence-electron chi connectivity index (χ2n) is 9.09. The number of imidazole rings is 1. The molecule has 0 bridgehead atoms. The SMILES string of the molecule is C=CC(O)N[C@H]1CN(c2nc(Nc3cnn(CCN(C)C)c3)c3ncn(C(C)C)c3n2)C[C@@H]1F. The lowest BCUT2D eigenvalue weighted by molar-refractivity contribution is 0.150. The van der Waals surface area contributed by atoms with Gasteiger partial charge in [0.1, 0.15) is 12.4 Å². The van der Waals surface area contributed by atoms with Crippen LogP contribution < -0.4 is 15.5 Å². The Labute approximate surface area is 198 Å². The third kappa shape index (κ3) is 5.18. The second-order valence-corrected chi connectivity index (χ2v) is 9.09. The highest BCUT2D eigenvalue weighted by Crippen LogP contribution is 2.29. The van der Waals surface area contributed by atoms with Crippen LogP contribution in [0.3, 0.4) is 0 Å². The molecule has 0 radical (unpaired) electrons. The van der Waals surface area contributed by atoms with Gasteiger partial charge in [0, 0.05) is 25.3 Å². The molecule has 0 aliphatic carbocycles. The summed E-state index contributed by atoms with van der Waals surface area (Å²) < 4.78 is 18.5. The molecule has 12 heteroatoms. The molecule has 0 amide bonds. The molecular weight excluding hydrogens is 439 g/mol. The van der Waals surface area contributed by atoms with Gasteiger partial charge in [0.05, 0.1) is 37.3 Å². The predicted octanol–water partition coefficient (Wildman–Crippen LogP) is 1.53. The number of aliphatic hydroxyl groups excluding tert-OH is 1. The van der Waals surface area contributed by atoms with Crippen LogP contribution in [0.5, 0.6) is 0 Å². The summed E-state index contributed by atoms with van der Waals surface area (Å²) in [7, 11) is 4.04. The third-order valence-corrected chi connectivity index (χ3v) is 5.78. The zero-order valence-electron chi connectivity index (χ0n) is 20.1. The number of hydrogen-bond donors (Lipinski definition) is 3. The Balaban J connectivity index is 1.64. The lowest BCUT2D eigenvalue weighted by Crippen LogP contribution is -2.43. The Morgan fingerprint density at radius 2 is 2.12 bits per heavy atom. The van der Waals surface area contributed by atoms with E-state index < -0.39 is 18.4 Å². The van der Waals surface area contributed by atoms with Gasteiger partial charge in [-0.05, 0) is 34.0 Å². The maximum atomic E-state index is 14.7. The highest BCUT2D eigenvalue weighted by Gasteiger charge is 2.35. The van der Waals surface area contributed by atoms with E-state index in [4.69, 9.17) is 9.97 Å².